The van der Waals surface area contributed by atoms with Crippen LogP contribution in [-0.4, -0.2) is 30.5 Å². The molecule has 0 unspecified atom stereocenters. The number of ether oxygens (including phenoxy) is 2. The van der Waals surface area contributed by atoms with Crippen LogP contribution in [0.2, 0.25) is 0 Å². The summed E-state index contributed by atoms with van der Waals surface area (Å²) in [5, 5.41) is 8.67. The summed E-state index contributed by atoms with van der Waals surface area (Å²) in [7, 11) is 0. The summed E-state index contributed by atoms with van der Waals surface area (Å²) >= 11 is 0. The predicted octanol–water partition coefficient (Wildman–Crippen LogP) is 2.36. The smallest absolute Gasteiger partial charge is 0.137 e. The van der Waals surface area contributed by atoms with Gasteiger partial charge in [-0.15, -0.1) is 0 Å². The molecule has 0 heterocycles. The number of benzene rings is 1. The van der Waals surface area contributed by atoms with Gasteiger partial charge in [0, 0.05) is 6.07 Å². The fourth-order valence-electron chi connectivity index (χ4n) is 1.35. The Bertz CT molecular complexity index is 467. The average Bonchev–Trinajstić information content (AvgIpc) is 2.32. The fraction of sp³-hybridized carbons (Fsp3) is 0.467. The molecule has 104 valence electrons. The molecule has 0 saturated heterocycles. The van der Waals surface area contributed by atoms with Gasteiger partial charge in [-0.25, -0.2) is 4.39 Å². The van der Waals surface area contributed by atoms with Gasteiger partial charge in [0.2, 0.25) is 0 Å². The quantitative estimate of drug-likeness (QED) is 0.671. The van der Waals surface area contributed by atoms with E-state index in [1.807, 2.05) is 20.8 Å². The molecule has 3 nitrogen and oxygen atoms in total. The van der Waals surface area contributed by atoms with Gasteiger partial charge in [0.1, 0.15) is 24.8 Å². The van der Waals surface area contributed by atoms with E-state index in [2.05, 4.69) is 11.8 Å². The van der Waals surface area contributed by atoms with Gasteiger partial charge < -0.3 is 14.6 Å². The number of aliphatic hydroxyl groups is 1. The SMILES string of the molecule is CC(C)(C)OCCOc1cc(F)ccc1C#CCO. The molecule has 1 N–H and O–H groups in total. The van der Waals surface area contributed by atoms with Crippen LogP contribution in [0.15, 0.2) is 18.2 Å². The molecule has 0 radical (unpaired) electrons. The molecule has 1 aromatic carbocycles. The molecule has 0 saturated carbocycles. The second kappa shape index (κ2) is 7.13. The van der Waals surface area contributed by atoms with Crippen LogP contribution in [0, 0.1) is 17.7 Å². The fourth-order valence-corrected chi connectivity index (χ4v) is 1.35. The van der Waals surface area contributed by atoms with E-state index in [-0.39, 0.29) is 18.0 Å². The number of rotatable bonds is 4. The third-order valence-corrected chi connectivity index (χ3v) is 2.12. The number of aliphatic hydroxyl groups excluding tert-OH is 1. The van der Waals surface area contributed by atoms with Crippen LogP contribution in [0.1, 0.15) is 26.3 Å². The molecular formula is C15H19FO3. The number of hydrogen-bond acceptors (Lipinski definition) is 3. The second-order valence-corrected chi connectivity index (χ2v) is 4.91. The zero-order valence-electron chi connectivity index (χ0n) is 11.5. The van der Waals surface area contributed by atoms with Crippen molar-refractivity contribution in [2.45, 2.75) is 26.4 Å². The normalized spacial score (nSPS) is 10.8. The molecule has 1 rings (SSSR count). The molecule has 0 amide bonds. The topological polar surface area (TPSA) is 38.7 Å². The molecule has 1 aromatic rings. The van der Waals surface area contributed by atoms with Crippen LogP contribution in [0.5, 0.6) is 5.75 Å². The Kier molecular flexibility index (Phi) is 5.81. The van der Waals surface area contributed by atoms with Gasteiger partial charge in [-0.2, -0.15) is 0 Å². The second-order valence-electron chi connectivity index (χ2n) is 4.91. The van der Waals surface area contributed by atoms with Gasteiger partial charge in [-0.1, -0.05) is 11.8 Å². The molecule has 0 aliphatic heterocycles. The van der Waals surface area contributed by atoms with Crippen molar-refractivity contribution in [3.8, 4) is 17.6 Å². The Morgan fingerprint density at radius 3 is 2.63 bits per heavy atom. The molecule has 0 aromatic heterocycles. The summed E-state index contributed by atoms with van der Waals surface area (Å²) in [5.41, 5.74) is 0.316. The van der Waals surface area contributed by atoms with E-state index in [1.54, 1.807) is 0 Å². The van der Waals surface area contributed by atoms with Crippen LogP contribution in [-0.2, 0) is 4.74 Å². The lowest BCUT2D eigenvalue weighted by atomic mass is 10.2. The zero-order valence-corrected chi connectivity index (χ0v) is 11.5. The van der Waals surface area contributed by atoms with Crippen molar-refractivity contribution in [3.63, 3.8) is 0 Å². The molecule has 0 bridgehead atoms. The molecule has 0 aliphatic rings. The van der Waals surface area contributed by atoms with E-state index >= 15 is 0 Å². The Labute approximate surface area is 113 Å². The molecular weight excluding hydrogens is 247 g/mol. The summed E-state index contributed by atoms with van der Waals surface area (Å²) in [4.78, 5) is 0. The Morgan fingerprint density at radius 1 is 1.26 bits per heavy atom. The van der Waals surface area contributed by atoms with Crippen molar-refractivity contribution in [3.05, 3.63) is 29.6 Å². The zero-order chi connectivity index (χ0) is 14.3. The third kappa shape index (κ3) is 6.23. The van der Waals surface area contributed by atoms with Crippen molar-refractivity contribution in [1.29, 1.82) is 0 Å². The minimum atomic E-state index is -0.388. The number of hydrogen-bond donors (Lipinski definition) is 1. The highest BCUT2D eigenvalue weighted by Crippen LogP contribution is 2.19. The maximum Gasteiger partial charge on any atom is 0.137 e. The third-order valence-electron chi connectivity index (χ3n) is 2.12. The van der Waals surface area contributed by atoms with Gasteiger partial charge in [0.25, 0.3) is 0 Å². The Morgan fingerprint density at radius 2 is 2.00 bits per heavy atom. The lowest BCUT2D eigenvalue weighted by Crippen LogP contribution is -2.22. The van der Waals surface area contributed by atoms with Crippen molar-refractivity contribution in [2.75, 3.05) is 19.8 Å². The lowest BCUT2D eigenvalue weighted by Gasteiger charge is -2.19. The largest absolute Gasteiger partial charge is 0.490 e. The van der Waals surface area contributed by atoms with Crippen LogP contribution in [0.4, 0.5) is 4.39 Å². The molecule has 0 aliphatic carbocycles. The van der Waals surface area contributed by atoms with Crippen molar-refractivity contribution in [1.82, 2.24) is 0 Å². The lowest BCUT2D eigenvalue weighted by molar-refractivity contribution is -0.0163. The van der Waals surface area contributed by atoms with Gasteiger partial charge in [0.15, 0.2) is 0 Å². The Balaban J connectivity index is 2.63. The van der Waals surface area contributed by atoms with E-state index in [4.69, 9.17) is 14.6 Å². The first-order chi connectivity index (χ1) is 8.92. The van der Waals surface area contributed by atoms with E-state index in [0.29, 0.717) is 24.5 Å². The molecule has 4 heteroatoms. The standard InChI is InChI=1S/C15H19FO3/c1-15(2,3)19-10-9-18-14-11-13(16)7-6-12(14)5-4-8-17/h6-7,11,17H,8-10H2,1-3H3. The molecule has 0 fully saturated rings. The molecule has 19 heavy (non-hydrogen) atoms. The maximum atomic E-state index is 13.2. The van der Waals surface area contributed by atoms with Gasteiger partial charge in [-0.05, 0) is 32.9 Å². The summed E-state index contributed by atoms with van der Waals surface area (Å²) in [5.74, 6) is 5.20. The average molecular weight is 266 g/mol. The van der Waals surface area contributed by atoms with E-state index in [0.717, 1.165) is 0 Å². The van der Waals surface area contributed by atoms with Crippen LogP contribution < -0.4 is 4.74 Å². The van der Waals surface area contributed by atoms with Crippen LogP contribution >= 0.6 is 0 Å². The highest BCUT2D eigenvalue weighted by molar-refractivity contribution is 5.46. The Hall–Kier alpha value is -1.57. The van der Waals surface area contributed by atoms with E-state index < -0.39 is 0 Å². The van der Waals surface area contributed by atoms with Gasteiger partial charge in [0.05, 0.1) is 17.8 Å². The van der Waals surface area contributed by atoms with Gasteiger partial charge >= 0.3 is 0 Å². The minimum Gasteiger partial charge on any atom is -0.490 e. The van der Waals surface area contributed by atoms with Crippen molar-refractivity contribution < 1.29 is 19.0 Å². The number of halogens is 1. The minimum absolute atomic E-state index is 0.231. The summed E-state index contributed by atoms with van der Waals surface area (Å²) in [6.45, 7) is 6.33. The van der Waals surface area contributed by atoms with E-state index in [9.17, 15) is 4.39 Å². The summed E-state index contributed by atoms with van der Waals surface area (Å²) in [6, 6.07) is 4.11. The first-order valence-corrected chi connectivity index (χ1v) is 6.08. The van der Waals surface area contributed by atoms with Crippen molar-refractivity contribution >= 4 is 0 Å². The van der Waals surface area contributed by atoms with E-state index in [1.165, 1.54) is 18.2 Å². The maximum absolute atomic E-state index is 13.2. The highest BCUT2D eigenvalue weighted by Gasteiger charge is 2.10. The monoisotopic (exact) mass is 266 g/mol. The predicted molar refractivity (Wildman–Crippen MR) is 71.6 cm³/mol. The van der Waals surface area contributed by atoms with Crippen LogP contribution in [0.25, 0.3) is 0 Å². The first kappa shape index (κ1) is 15.5. The van der Waals surface area contributed by atoms with Crippen LogP contribution in [0.3, 0.4) is 0 Å². The summed E-state index contributed by atoms with van der Waals surface area (Å²) in [6.07, 6.45) is 0. The van der Waals surface area contributed by atoms with Crippen molar-refractivity contribution in [2.24, 2.45) is 0 Å². The molecule has 0 spiro atoms. The molecule has 0 atom stereocenters. The summed E-state index contributed by atoms with van der Waals surface area (Å²) < 4.78 is 24.1. The highest BCUT2D eigenvalue weighted by atomic mass is 19.1. The first-order valence-electron chi connectivity index (χ1n) is 6.08. The van der Waals surface area contributed by atoms with Gasteiger partial charge in [-0.3, -0.25) is 0 Å².